The maximum absolute atomic E-state index is 12.8. The third-order valence-electron chi connectivity index (χ3n) is 4.41. The van der Waals surface area contributed by atoms with Crippen molar-refractivity contribution in [2.75, 3.05) is 42.9 Å². The Morgan fingerprint density at radius 3 is 2.36 bits per heavy atom. The average molecular weight is 406 g/mol. The molecule has 0 amide bonds. The molecule has 1 aliphatic heterocycles. The van der Waals surface area contributed by atoms with Crippen LogP contribution in [0.25, 0.3) is 0 Å². The second kappa shape index (κ2) is 8.07. The first-order valence-corrected chi connectivity index (χ1v) is 10.3. The Balaban J connectivity index is 1.71. The molecule has 0 radical (unpaired) electrons. The number of anilines is 2. The van der Waals surface area contributed by atoms with Crippen LogP contribution >= 0.6 is 0 Å². The minimum Gasteiger partial charge on any atom is -0.370 e. The third-order valence-corrected chi connectivity index (χ3v) is 6.32. The molecule has 1 aromatic carbocycles. The van der Waals surface area contributed by atoms with Crippen molar-refractivity contribution in [3.05, 3.63) is 46.1 Å². The van der Waals surface area contributed by atoms with Crippen LogP contribution in [0.5, 0.6) is 0 Å². The van der Waals surface area contributed by atoms with Gasteiger partial charge in [0.05, 0.1) is 9.82 Å². The fraction of sp³-hybridized carbons (Fsp3) is 0.412. The highest BCUT2D eigenvalue weighted by atomic mass is 32.2. The molecule has 0 atom stereocenters. The van der Waals surface area contributed by atoms with Gasteiger partial charge in [-0.3, -0.25) is 10.1 Å². The number of hydrogen-bond donors (Lipinski definition) is 1. The van der Waals surface area contributed by atoms with E-state index in [9.17, 15) is 18.5 Å². The van der Waals surface area contributed by atoms with Gasteiger partial charge in [0.1, 0.15) is 5.82 Å². The van der Waals surface area contributed by atoms with Gasteiger partial charge in [0.15, 0.2) is 0 Å². The van der Waals surface area contributed by atoms with Gasteiger partial charge in [0, 0.05) is 56.6 Å². The Kier molecular flexibility index (Phi) is 5.75. The lowest BCUT2D eigenvalue weighted by molar-refractivity contribution is -0.384. The molecular weight excluding hydrogens is 384 g/mol. The Hall–Kier alpha value is -2.79. The molecule has 10 nitrogen and oxygen atoms in total. The lowest BCUT2D eigenvalue weighted by atomic mass is 10.3. The summed E-state index contributed by atoms with van der Waals surface area (Å²) in [5.41, 5.74) is 0.693. The van der Waals surface area contributed by atoms with Crippen LogP contribution in [-0.4, -0.2) is 60.3 Å². The second-order valence-electron chi connectivity index (χ2n) is 6.37. The van der Waals surface area contributed by atoms with Crippen molar-refractivity contribution in [1.29, 1.82) is 0 Å². The topological polar surface area (TPSA) is 122 Å². The maximum atomic E-state index is 12.8. The summed E-state index contributed by atoms with van der Waals surface area (Å²) in [5.74, 6) is 1.31. The first kappa shape index (κ1) is 20.0. The summed E-state index contributed by atoms with van der Waals surface area (Å²) in [7, 11) is -3.70. The van der Waals surface area contributed by atoms with Crippen molar-refractivity contribution in [3.8, 4) is 0 Å². The van der Waals surface area contributed by atoms with Crippen LogP contribution in [0.4, 0.5) is 17.5 Å². The van der Waals surface area contributed by atoms with Gasteiger partial charge in [-0.2, -0.15) is 9.29 Å². The fourth-order valence-electron chi connectivity index (χ4n) is 2.98. The molecule has 28 heavy (non-hydrogen) atoms. The number of sulfonamides is 1. The van der Waals surface area contributed by atoms with Crippen LogP contribution in [0.2, 0.25) is 0 Å². The van der Waals surface area contributed by atoms with E-state index in [0.29, 0.717) is 19.0 Å². The molecule has 1 fully saturated rings. The predicted octanol–water partition coefficient (Wildman–Crippen LogP) is 1.64. The minimum atomic E-state index is -3.70. The van der Waals surface area contributed by atoms with E-state index in [2.05, 4.69) is 15.3 Å². The average Bonchev–Trinajstić information content (AvgIpc) is 2.68. The molecule has 2 aromatic rings. The summed E-state index contributed by atoms with van der Waals surface area (Å²) in [6.07, 6.45) is 0. The lowest BCUT2D eigenvalue weighted by Gasteiger charge is -2.34. The molecule has 1 aliphatic rings. The number of hydrogen-bond acceptors (Lipinski definition) is 8. The highest BCUT2D eigenvalue weighted by Crippen LogP contribution is 2.22. The fourth-order valence-corrected chi connectivity index (χ4v) is 4.41. The molecule has 11 heteroatoms. The summed E-state index contributed by atoms with van der Waals surface area (Å²) in [6, 6.07) is 6.80. The molecule has 0 unspecified atom stereocenters. The molecule has 0 aliphatic carbocycles. The van der Waals surface area contributed by atoms with Gasteiger partial charge in [-0.15, -0.1) is 0 Å². The number of nitro groups is 1. The molecule has 1 saturated heterocycles. The van der Waals surface area contributed by atoms with Crippen molar-refractivity contribution in [1.82, 2.24) is 14.3 Å². The summed E-state index contributed by atoms with van der Waals surface area (Å²) in [4.78, 5) is 21.1. The molecule has 1 aromatic heterocycles. The van der Waals surface area contributed by atoms with Crippen molar-refractivity contribution in [2.24, 2.45) is 0 Å². The molecule has 0 bridgehead atoms. The van der Waals surface area contributed by atoms with E-state index >= 15 is 0 Å². The number of nitrogens with one attached hydrogen (secondary N) is 1. The number of nitro benzene ring substituents is 1. The normalized spacial score (nSPS) is 15.4. The Morgan fingerprint density at radius 1 is 1.14 bits per heavy atom. The van der Waals surface area contributed by atoms with Crippen LogP contribution in [0.3, 0.4) is 0 Å². The first-order valence-electron chi connectivity index (χ1n) is 8.90. The standard InChI is InChI=1S/C17H22N6O4S/c1-3-18-16-12-13(2)19-17(20-16)21-8-10-22(11-9-21)28(26,27)15-6-4-14(5-7-15)23(24)25/h4-7,12H,3,8-11H2,1-2H3,(H,18,19,20). The number of aromatic nitrogens is 2. The number of non-ortho nitro benzene ring substituents is 1. The van der Waals surface area contributed by atoms with Crippen molar-refractivity contribution < 1.29 is 13.3 Å². The first-order chi connectivity index (χ1) is 13.3. The molecule has 0 saturated carbocycles. The smallest absolute Gasteiger partial charge is 0.269 e. The van der Waals surface area contributed by atoms with Crippen LogP contribution < -0.4 is 10.2 Å². The lowest BCUT2D eigenvalue weighted by Crippen LogP contribution is -2.49. The highest BCUT2D eigenvalue weighted by molar-refractivity contribution is 7.89. The zero-order valence-electron chi connectivity index (χ0n) is 15.7. The molecule has 2 heterocycles. The minimum absolute atomic E-state index is 0.0489. The monoisotopic (exact) mass is 406 g/mol. The maximum Gasteiger partial charge on any atom is 0.269 e. The van der Waals surface area contributed by atoms with Crippen LogP contribution in [0, 0.1) is 17.0 Å². The van der Waals surface area contributed by atoms with Gasteiger partial charge in [0.2, 0.25) is 16.0 Å². The largest absolute Gasteiger partial charge is 0.370 e. The SMILES string of the molecule is CCNc1cc(C)nc(N2CCN(S(=O)(=O)c3ccc([N+](=O)[O-])cc3)CC2)n1. The summed E-state index contributed by atoms with van der Waals surface area (Å²) >= 11 is 0. The number of piperazine rings is 1. The number of rotatable bonds is 6. The summed E-state index contributed by atoms with van der Waals surface area (Å²) in [6.45, 7) is 6.11. The molecular formula is C17H22N6O4S. The van der Waals surface area contributed by atoms with E-state index in [1.54, 1.807) is 0 Å². The second-order valence-corrected chi connectivity index (χ2v) is 8.30. The Bertz CT molecular complexity index is 956. The van der Waals surface area contributed by atoms with E-state index in [-0.39, 0.29) is 23.7 Å². The molecule has 3 rings (SSSR count). The number of benzene rings is 1. The van der Waals surface area contributed by atoms with Gasteiger partial charge in [-0.1, -0.05) is 0 Å². The van der Waals surface area contributed by atoms with Gasteiger partial charge in [0.25, 0.3) is 5.69 Å². The van der Waals surface area contributed by atoms with Crippen LogP contribution in [0.15, 0.2) is 35.2 Å². The number of nitrogens with zero attached hydrogens (tertiary/aromatic N) is 5. The van der Waals surface area contributed by atoms with Crippen molar-refractivity contribution >= 4 is 27.5 Å². The van der Waals surface area contributed by atoms with E-state index in [1.165, 1.54) is 28.6 Å². The highest BCUT2D eigenvalue weighted by Gasteiger charge is 2.29. The van der Waals surface area contributed by atoms with Crippen molar-refractivity contribution in [2.45, 2.75) is 18.7 Å². The van der Waals surface area contributed by atoms with Crippen LogP contribution in [-0.2, 0) is 10.0 Å². The number of aryl methyl sites for hydroxylation is 1. The van der Waals surface area contributed by atoms with Gasteiger partial charge < -0.3 is 10.2 Å². The summed E-state index contributed by atoms with van der Waals surface area (Å²) in [5, 5.41) is 13.9. The van der Waals surface area contributed by atoms with Crippen molar-refractivity contribution in [3.63, 3.8) is 0 Å². The van der Waals surface area contributed by atoms with E-state index in [1.807, 2.05) is 24.8 Å². The molecule has 0 spiro atoms. The molecule has 1 N–H and O–H groups in total. The summed E-state index contributed by atoms with van der Waals surface area (Å²) < 4.78 is 27.0. The van der Waals surface area contributed by atoms with Gasteiger partial charge in [-0.05, 0) is 26.0 Å². The van der Waals surface area contributed by atoms with E-state index < -0.39 is 14.9 Å². The Morgan fingerprint density at radius 2 is 1.79 bits per heavy atom. The Labute approximate surface area is 163 Å². The van der Waals surface area contributed by atoms with Gasteiger partial charge in [-0.25, -0.2) is 13.4 Å². The zero-order chi connectivity index (χ0) is 20.3. The van der Waals surface area contributed by atoms with E-state index in [4.69, 9.17) is 0 Å². The molecule has 150 valence electrons. The van der Waals surface area contributed by atoms with E-state index in [0.717, 1.165) is 18.1 Å². The third kappa shape index (κ3) is 4.20. The van der Waals surface area contributed by atoms with Gasteiger partial charge >= 0.3 is 0 Å². The zero-order valence-corrected chi connectivity index (χ0v) is 16.5. The van der Waals surface area contributed by atoms with Crippen LogP contribution in [0.1, 0.15) is 12.6 Å². The quantitative estimate of drug-likeness (QED) is 0.567. The predicted molar refractivity (Wildman–Crippen MR) is 105 cm³/mol.